The second kappa shape index (κ2) is 6.97. The van der Waals surface area contributed by atoms with Gasteiger partial charge in [0.25, 0.3) is 0 Å². The van der Waals surface area contributed by atoms with Crippen LogP contribution in [0.2, 0.25) is 0 Å². The molecule has 1 heterocycles. The average molecular weight is 241 g/mol. The topological polar surface area (TPSA) is 44.4 Å². The van der Waals surface area contributed by atoms with Crippen LogP contribution in [0.15, 0.2) is 0 Å². The fourth-order valence-electron chi connectivity index (χ4n) is 2.32. The van der Waals surface area contributed by atoms with Gasteiger partial charge < -0.3 is 15.5 Å². The summed E-state index contributed by atoms with van der Waals surface area (Å²) in [6.45, 7) is 8.34. The van der Waals surface area contributed by atoms with Gasteiger partial charge in [-0.1, -0.05) is 13.8 Å². The number of likely N-dealkylation sites (tertiary alicyclic amines) is 1. The summed E-state index contributed by atoms with van der Waals surface area (Å²) in [4.78, 5) is 14.2. The molecule has 17 heavy (non-hydrogen) atoms. The predicted molar refractivity (Wildman–Crippen MR) is 71.0 cm³/mol. The molecule has 1 amide bonds. The minimum atomic E-state index is -0.0906. The summed E-state index contributed by atoms with van der Waals surface area (Å²) in [5.41, 5.74) is 0. The summed E-state index contributed by atoms with van der Waals surface area (Å²) in [6, 6.07) is 0.688. The van der Waals surface area contributed by atoms with Crippen molar-refractivity contribution < 1.29 is 4.79 Å². The molecule has 0 spiro atoms. The van der Waals surface area contributed by atoms with Crippen molar-refractivity contribution in [1.29, 1.82) is 0 Å². The molecule has 0 aliphatic carbocycles. The Labute approximate surface area is 105 Å². The van der Waals surface area contributed by atoms with Gasteiger partial charge in [0.05, 0.1) is 6.04 Å². The van der Waals surface area contributed by atoms with Crippen LogP contribution in [0, 0.1) is 0 Å². The van der Waals surface area contributed by atoms with Crippen molar-refractivity contribution in [3.63, 3.8) is 0 Å². The first-order valence-electron chi connectivity index (χ1n) is 6.81. The summed E-state index contributed by atoms with van der Waals surface area (Å²) in [5.74, 6) is 0.133. The number of carbonyl (C=O) groups excluding carboxylic acids is 1. The van der Waals surface area contributed by atoms with Gasteiger partial charge in [-0.15, -0.1) is 0 Å². The number of nitrogens with one attached hydrogen (secondary N) is 2. The normalized spacial score (nSPS) is 23.0. The second-order valence-electron chi connectivity index (χ2n) is 5.16. The van der Waals surface area contributed by atoms with Gasteiger partial charge in [0.2, 0.25) is 5.91 Å². The molecule has 2 unspecified atom stereocenters. The molecule has 0 aromatic carbocycles. The minimum Gasteiger partial charge on any atom is -0.352 e. The Kier molecular flexibility index (Phi) is 5.92. The maximum Gasteiger partial charge on any atom is 0.237 e. The van der Waals surface area contributed by atoms with E-state index in [1.54, 1.807) is 0 Å². The molecule has 4 nitrogen and oxygen atoms in total. The van der Waals surface area contributed by atoms with Crippen molar-refractivity contribution >= 4 is 5.91 Å². The highest BCUT2D eigenvalue weighted by Gasteiger charge is 2.23. The zero-order valence-corrected chi connectivity index (χ0v) is 11.6. The number of hydrogen-bond donors (Lipinski definition) is 2. The Hall–Kier alpha value is -0.610. The van der Waals surface area contributed by atoms with E-state index < -0.39 is 0 Å². The monoisotopic (exact) mass is 241 g/mol. The lowest BCUT2D eigenvalue weighted by Gasteiger charge is -2.22. The van der Waals surface area contributed by atoms with E-state index in [0.29, 0.717) is 12.1 Å². The zero-order valence-electron chi connectivity index (χ0n) is 11.6. The van der Waals surface area contributed by atoms with Gasteiger partial charge in [0.15, 0.2) is 0 Å². The molecule has 0 bridgehead atoms. The van der Waals surface area contributed by atoms with Crippen LogP contribution in [-0.2, 0) is 4.79 Å². The number of rotatable bonds is 6. The molecule has 1 fully saturated rings. The lowest BCUT2D eigenvalue weighted by molar-refractivity contribution is -0.123. The van der Waals surface area contributed by atoms with E-state index >= 15 is 0 Å². The van der Waals surface area contributed by atoms with Gasteiger partial charge in [0.1, 0.15) is 0 Å². The highest BCUT2D eigenvalue weighted by Crippen LogP contribution is 2.07. The van der Waals surface area contributed by atoms with Crippen molar-refractivity contribution in [2.45, 2.75) is 58.2 Å². The standard InChI is InChI=1S/C13H27N3O/c1-5-11(6-2)15-13(17)10(3)14-12-7-8-16(4)9-12/h10-12,14H,5-9H2,1-4H3,(H,15,17). The Morgan fingerprint density at radius 2 is 2.06 bits per heavy atom. The maximum absolute atomic E-state index is 12.0. The fourth-order valence-corrected chi connectivity index (χ4v) is 2.32. The van der Waals surface area contributed by atoms with Crippen LogP contribution < -0.4 is 10.6 Å². The molecule has 1 rings (SSSR count). The average Bonchev–Trinajstić information content (AvgIpc) is 2.71. The van der Waals surface area contributed by atoms with Crippen LogP contribution in [0.25, 0.3) is 0 Å². The van der Waals surface area contributed by atoms with E-state index in [9.17, 15) is 4.79 Å². The largest absolute Gasteiger partial charge is 0.352 e. The quantitative estimate of drug-likeness (QED) is 0.728. The third-order valence-corrected chi connectivity index (χ3v) is 3.60. The van der Waals surface area contributed by atoms with E-state index in [-0.39, 0.29) is 11.9 Å². The van der Waals surface area contributed by atoms with Crippen molar-refractivity contribution in [3.05, 3.63) is 0 Å². The Balaban J connectivity index is 2.31. The first-order valence-corrected chi connectivity index (χ1v) is 6.81. The van der Waals surface area contributed by atoms with Gasteiger partial charge in [-0.25, -0.2) is 0 Å². The van der Waals surface area contributed by atoms with Gasteiger partial charge in [-0.05, 0) is 39.8 Å². The van der Waals surface area contributed by atoms with E-state index in [0.717, 1.165) is 32.4 Å². The number of hydrogen-bond acceptors (Lipinski definition) is 3. The van der Waals surface area contributed by atoms with Crippen LogP contribution in [-0.4, -0.2) is 49.1 Å². The van der Waals surface area contributed by atoms with Gasteiger partial charge >= 0.3 is 0 Å². The van der Waals surface area contributed by atoms with Crippen LogP contribution in [0.1, 0.15) is 40.0 Å². The fraction of sp³-hybridized carbons (Fsp3) is 0.923. The van der Waals surface area contributed by atoms with E-state index in [1.807, 2.05) is 6.92 Å². The molecular weight excluding hydrogens is 214 g/mol. The van der Waals surface area contributed by atoms with Crippen molar-refractivity contribution in [3.8, 4) is 0 Å². The first-order chi connectivity index (χ1) is 8.06. The second-order valence-corrected chi connectivity index (χ2v) is 5.16. The number of carbonyl (C=O) groups is 1. The summed E-state index contributed by atoms with van der Waals surface area (Å²) >= 11 is 0. The summed E-state index contributed by atoms with van der Waals surface area (Å²) in [7, 11) is 2.12. The van der Waals surface area contributed by atoms with E-state index in [2.05, 4.69) is 36.4 Å². The van der Waals surface area contributed by atoms with Crippen molar-refractivity contribution in [2.24, 2.45) is 0 Å². The van der Waals surface area contributed by atoms with Crippen LogP contribution in [0.5, 0.6) is 0 Å². The summed E-state index contributed by atoms with van der Waals surface area (Å²) < 4.78 is 0. The summed E-state index contributed by atoms with van der Waals surface area (Å²) in [5, 5.41) is 6.50. The number of nitrogens with zero attached hydrogens (tertiary/aromatic N) is 1. The third-order valence-electron chi connectivity index (χ3n) is 3.60. The molecular formula is C13H27N3O. The van der Waals surface area contributed by atoms with Crippen LogP contribution >= 0.6 is 0 Å². The Morgan fingerprint density at radius 1 is 1.41 bits per heavy atom. The lowest BCUT2D eigenvalue weighted by Crippen LogP contribution is -2.49. The highest BCUT2D eigenvalue weighted by atomic mass is 16.2. The smallest absolute Gasteiger partial charge is 0.237 e. The molecule has 2 N–H and O–H groups in total. The zero-order chi connectivity index (χ0) is 12.8. The molecule has 0 radical (unpaired) electrons. The molecule has 100 valence electrons. The Bertz CT molecular complexity index is 241. The van der Waals surface area contributed by atoms with Crippen molar-refractivity contribution in [1.82, 2.24) is 15.5 Å². The first kappa shape index (κ1) is 14.5. The molecule has 0 aromatic rings. The third kappa shape index (κ3) is 4.64. The number of amides is 1. The molecule has 1 aliphatic heterocycles. The van der Waals surface area contributed by atoms with Crippen LogP contribution in [0.3, 0.4) is 0 Å². The molecule has 2 atom stereocenters. The maximum atomic E-state index is 12.0. The van der Waals surface area contributed by atoms with Gasteiger partial charge in [-0.3, -0.25) is 4.79 Å². The lowest BCUT2D eigenvalue weighted by atomic mass is 10.1. The SMILES string of the molecule is CCC(CC)NC(=O)C(C)NC1CCN(C)C1. The van der Waals surface area contributed by atoms with Gasteiger partial charge in [-0.2, -0.15) is 0 Å². The minimum absolute atomic E-state index is 0.0906. The van der Waals surface area contributed by atoms with E-state index in [4.69, 9.17) is 0 Å². The molecule has 0 saturated carbocycles. The number of likely N-dealkylation sites (N-methyl/N-ethyl adjacent to an activating group) is 1. The molecule has 1 saturated heterocycles. The molecule has 0 aromatic heterocycles. The Morgan fingerprint density at radius 3 is 2.53 bits per heavy atom. The van der Waals surface area contributed by atoms with Gasteiger partial charge in [0, 0.05) is 18.6 Å². The highest BCUT2D eigenvalue weighted by molar-refractivity contribution is 5.81. The van der Waals surface area contributed by atoms with Crippen molar-refractivity contribution in [2.75, 3.05) is 20.1 Å². The predicted octanol–water partition coefficient (Wildman–Crippen LogP) is 0.973. The van der Waals surface area contributed by atoms with E-state index in [1.165, 1.54) is 0 Å². The molecule has 1 aliphatic rings. The summed E-state index contributed by atoms with van der Waals surface area (Å²) in [6.07, 6.45) is 3.14. The molecule has 4 heteroatoms. The van der Waals surface area contributed by atoms with Crippen LogP contribution in [0.4, 0.5) is 0 Å².